The second kappa shape index (κ2) is 3.19. The first-order valence-electron chi connectivity index (χ1n) is 3.71. The zero-order valence-corrected chi connectivity index (χ0v) is 6.67. The Hall–Kier alpha value is -1.31. The minimum Gasteiger partial charge on any atom is -0.287 e. The van der Waals surface area contributed by atoms with Crippen molar-refractivity contribution in [2.75, 3.05) is 0 Å². The molecule has 0 fully saturated rings. The Balaban J connectivity index is 2.91. The van der Waals surface area contributed by atoms with Gasteiger partial charge in [-0.25, -0.2) is 0 Å². The van der Waals surface area contributed by atoms with Crippen molar-refractivity contribution < 1.29 is 5.41 Å². The van der Waals surface area contributed by atoms with E-state index in [9.17, 15) is 0 Å². The normalized spacial score (nSPS) is 9.55. The number of benzene rings is 1. The molecule has 4 N–H and O–H groups in total. The maximum Gasteiger partial charge on any atom is 0.270 e. The summed E-state index contributed by atoms with van der Waals surface area (Å²) in [5, 5.41) is 5.40. The number of nitrogens with two attached hydrogens (primary N) is 2. The number of rotatable bonds is 2. The van der Waals surface area contributed by atoms with Crippen LogP contribution >= 0.6 is 0 Å². The molecule has 0 unspecified atom stereocenters. The molecular weight excluding hydrogens is 136 g/mol. The van der Waals surface area contributed by atoms with Gasteiger partial charge in [0, 0.05) is 0 Å². The maximum atomic E-state index is 5.40. The highest BCUT2D eigenvalue weighted by Gasteiger charge is 1.98. The van der Waals surface area contributed by atoms with Crippen LogP contribution in [0.4, 0.5) is 0 Å². The van der Waals surface area contributed by atoms with Crippen LogP contribution in [0.2, 0.25) is 0 Å². The summed E-state index contributed by atoms with van der Waals surface area (Å²) in [4.78, 5) is 0. The van der Waals surface area contributed by atoms with Gasteiger partial charge in [0.25, 0.3) is 5.84 Å². The molecule has 2 nitrogen and oxygen atoms in total. The molecule has 1 aromatic rings. The Morgan fingerprint density at radius 2 is 1.91 bits per heavy atom. The predicted molar refractivity (Wildman–Crippen MR) is 46.0 cm³/mol. The largest absolute Gasteiger partial charge is 0.287 e. The lowest BCUT2D eigenvalue weighted by molar-refractivity contribution is -0.114. The zero-order chi connectivity index (χ0) is 8.27. The van der Waals surface area contributed by atoms with Crippen molar-refractivity contribution in [3.8, 4) is 0 Å². The van der Waals surface area contributed by atoms with E-state index in [0.29, 0.717) is 5.84 Å². The molecule has 1 aromatic carbocycles. The Morgan fingerprint density at radius 1 is 1.36 bits per heavy atom. The lowest BCUT2D eigenvalue weighted by atomic mass is 10.1. The van der Waals surface area contributed by atoms with E-state index in [1.807, 2.05) is 24.3 Å². The highest BCUT2D eigenvalue weighted by Crippen LogP contribution is 2.02. The Morgan fingerprint density at radius 3 is 2.27 bits per heavy atom. The Labute approximate surface area is 66.6 Å². The summed E-state index contributed by atoms with van der Waals surface area (Å²) in [6, 6.07) is 7.95. The number of aryl methyl sites for hydroxylation is 1. The van der Waals surface area contributed by atoms with E-state index in [4.69, 9.17) is 11.1 Å². The van der Waals surface area contributed by atoms with Crippen LogP contribution in [-0.4, -0.2) is 5.84 Å². The first kappa shape index (κ1) is 7.79. The Bertz CT molecular complexity index is 249. The molecule has 1 rings (SSSR count). The van der Waals surface area contributed by atoms with Gasteiger partial charge in [-0.15, -0.1) is 0 Å². The first-order valence-corrected chi connectivity index (χ1v) is 3.71. The van der Waals surface area contributed by atoms with Gasteiger partial charge in [0.1, 0.15) is 0 Å². The van der Waals surface area contributed by atoms with E-state index >= 15 is 0 Å². The molecular formula is C9H13N2+. The molecule has 58 valence electrons. The minimum atomic E-state index is 0.382. The molecule has 11 heavy (non-hydrogen) atoms. The van der Waals surface area contributed by atoms with Crippen LogP contribution in [0, 0.1) is 0 Å². The van der Waals surface area contributed by atoms with Crippen molar-refractivity contribution in [1.82, 2.24) is 0 Å². The van der Waals surface area contributed by atoms with Crippen LogP contribution in [-0.2, 0) is 6.42 Å². The van der Waals surface area contributed by atoms with Crippen molar-refractivity contribution in [1.29, 1.82) is 0 Å². The summed E-state index contributed by atoms with van der Waals surface area (Å²) >= 11 is 0. The molecule has 0 saturated carbocycles. The molecule has 0 heterocycles. The van der Waals surface area contributed by atoms with E-state index in [1.165, 1.54) is 5.56 Å². The summed E-state index contributed by atoms with van der Waals surface area (Å²) in [6.07, 6.45) is 1.05. The van der Waals surface area contributed by atoms with E-state index in [2.05, 4.69) is 6.92 Å². The molecule has 2 heteroatoms. The van der Waals surface area contributed by atoms with Crippen molar-refractivity contribution in [3.05, 3.63) is 35.4 Å². The van der Waals surface area contributed by atoms with Crippen LogP contribution in [0.1, 0.15) is 18.1 Å². The van der Waals surface area contributed by atoms with Gasteiger partial charge in [-0.3, -0.25) is 11.1 Å². The van der Waals surface area contributed by atoms with Crippen LogP contribution < -0.4 is 11.1 Å². The van der Waals surface area contributed by atoms with Gasteiger partial charge in [0.15, 0.2) is 0 Å². The second-order valence-electron chi connectivity index (χ2n) is 2.51. The van der Waals surface area contributed by atoms with Gasteiger partial charge >= 0.3 is 0 Å². The molecule has 0 saturated heterocycles. The topological polar surface area (TPSA) is 51.6 Å². The predicted octanol–water partition coefficient (Wildman–Crippen LogP) is -0.287. The summed E-state index contributed by atoms with van der Waals surface area (Å²) < 4.78 is 0. The molecule has 0 aliphatic carbocycles. The van der Waals surface area contributed by atoms with Gasteiger partial charge in [-0.2, -0.15) is 0 Å². The molecule has 0 aromatic heterocycles. The molecule has 0 aliphatic heterocycles. The molecule has 0 radical (unpaired) electrons. The van der Waals surface area contributed by atoms with Crippen LogP contribution in [0.25, 0.3) is 0 Å². The molecule has 0 aliphatic rings. The third-order valence-corrected chi connectivity index (χ3v) is 1.70. The average molecular weight is 149 g/mol. The van der Waals surface area contributed by atoms with Gasteiger partial charge in [0.2, 0.25) is 0 Å². The summed E-state index contributed by atoms with van der Waals surface area (Å²) in [5.41, 5.74) is 7.61. The van der Waals surface area contributed by atoms with Crippen LogP contribution in [0.15, 0.2) is 24.3 Å². The van der Waals surface area contributed by atoms with Gasteiger partial charge in [-0.1, -0.05) is 19.1 Å². The van der Waals surface area contributed by atoms with Crippen molar-refractivity contribution in [3.63, 3.8) is 0 Å². The smallest absolute Gasteiger partial charge is 0.270 e. The van der Waals surface area contributed by atoms with Crippen molar-refractivity contribution in [2.45, 2.75) is 13.3 Å². The highest BCUT2D eigenvalue weighted by molar-refractivity contribution is 5.92. The van der Waals surface area contributed by atoms with E-state index < -0.39 is 0 Å². The maximum absolute atomic E-state index is 5.40. The molecule has 0 amide bonds. The quantitative estimate of drug-likeness (QED) is 0.441. The molecule has 0 atom stereocenters. The standard InChI is InChI=1S/C9H12N2/c1-2-7-3-5-8(6-4-7)9(10)11/h3-6H,2H2,1H3,(H3,10,11)/p+1. The van der Waals surface area contributed by atoms with Crippen LogP contribution in [0.5, 0.6) is 0 Å². The second-order valence-corrected chi connectivity index (χ2v) is 2.51. The lowest BCUT2D eigenvalue weighted by Gasteiger charge is -1.95. The fourth-order valence-corrected chi connectivity index (χ4v) is 0.933. The molecule has 0 bridgehead atoms. The fourth-order valence-electron chi connectivity index (χ4n) is 0.933. The van der Waals surface area contributed by atoms with E-state index in [-0.39, 0.29) is 0 Å². The third kappa shape index (κ3) is 1.80. The number of amidine groups is 1. The minimum absolute atomic E-state index is 0.382. The summed E-state index contributed by atoms with van der Waals surface area (Å²) in [7, 11) is 0. The summed E-state index contributed by atoms with van der Waals surface area (Å²) in [6.45, 7) is 2.12. The van der Waals surface area contributed by atoms with E-state index in [0.717, 1.165) is 12.0 Å². The average Bonchev–Trinajstić information content (AvgIpc) is 2.05. The van der Waals surface area contributed by atoms with Gasteiger partial charge < -0.3 is 0 Å². The third-order valence-electron chi connectivity index (χ3n) is 1.70. The SMILES string of the molecule is CCc1ccc(C(N)=[NH2+])cc1. The Kier molecular flexibility index (Phi) is 2.26. The number of hydrogen-bond acceptors (Lipinski definition) is 0. The van der Waals surface area contributed by atoms with Gasteiger partial charge in [-0.05, 0) is 24.1 Å². The number of hydrogen-bond donors (Lipinski definition) is 2. The van der Waals surface area contributed by atoms with E-state index in [1.54, 1.807) is 0 Å². The highest BCUT2D eigenvalue weighted by atomic mass is 14.7. The van der Waals surface area contributed by atoms with Crippen molar-refractivity contribution in [2.24, 2.45) is 5.73 Å². The fraction of sp³-hybridized carbons (Fsp3) is 0.222. The van der Waals surface area contributed by atoms with Gasteiger partial charge in [0.05, 0.1) is 5.56 Å². The summed E-state index contributed by atoms with van der Waals surface area (Å²) in [5.74, 6) is 0.382. The van der Waals surface area contributed by atoms with Crippen molar-refractivity contribution >= 4 is 5.84 Å². The monoisotopic (exact) mass is 149 g/mol. The van der Waals surface area contributed by atoms with Crippen LogP contribution in [0.3, 0.4) is 0 Å². The molecule has 0 spiro atoms. The first-order chi connectivity index (χ1) is 5.24. The zero-order valence-electron chi connectivity index (χ0n) is 6.67. The lowest BCUT2D eigenvalue weighted by Crippen LogP contribution is -2.46.